The Bertz CT molecular complexity index is 693. The monoisotopic (exact) mass is 294 g/mol. The number of hydrogen-bond acceptors (Lipinski definition) is 4. The van der Waals surface area contributed by atoms with Gasteiger partial charge in [-0.05, 0) is 24.3 Å². The number of primary amides is 1. The van der Waals surface area contributed by atoms with Gasteiger partial charge in [-0.3, -0.25) is 4.79 Å². The van der Waals surface area contributed by atoms with Gasteiger partial charge in [-0.15, -0.1) is 0 Å². The molecule has 2 aromatic rings. The first kappa shape index (κ1) is 14.2. The van der Waals surface area contributed by atoms with Gasteiger partial charge >= 0.3 is 0 Å². The van der Waals surface area contributed by atoms with Crippen LogP contribution in [0.4, 0.5) is 0 Å². The molecule has 1 heterocycles. The molecule has 3 N–H and O–H groups in total. The highest BCUT2D eigenvalue weighted by Gasteiger charge is 2.21. The Morgan fingerprint density at radius 2 is 2.00 bits per heavy atom. The predicted molar refractivity (Wildman–Crippen MR) is 72.2 cm³/mol. The Morgan fingerprint density at radius 3 is 2.50 bits per heavy atom. The number of H-pyrrole nitrogens is 1. The fourth-order valence-electron chi connectivity index (χ4n) is 1.65. The Labute approximate surface area is 116 Å². The minimum absolute atomic E-state index is 0.0940. The van der Waals surface area contributed by atoms with Gasteiger partial charge in [-0.25, -0.2) is 13.4 Å². The van der Waals surface area contributed by atoms with Crippen LogP contribution < -0.4 is 5.73 Å². The molecule has 106 valence electrons. The van der Waals surface area contributed by atoms with E-state index >= 15 is 0 Å². The average Bonchev–Trinajstić information content (AvgIpc) is 2.91. The number of nitrogens with two attached hydrogens (primary N) is 1. The van der Waals surface area contributed by atoms with Gasteiger partial charge in [0.05, 0.1) is 11.4 Å². The van der Waals surface area contributed by atoms with Crippen molar-refractivity contribution in [3.05, 3.63) is 48.0 Å². The zero-order valence-electron chi connectivity index (χ0n) is 10.8. The summed E-state index contributed by atoms with van der Waals surface area (Å²) in [6.07, 6.45) is 3.18. The fraction of sp³-hybridized carbons (Fsp3) is 0.167. The topological polar surface area (TPSA) is 109 Å². The third-order valence-corrected chi connectivity index (χ3v) is 4.59. The number of nitrogens with one attached hydrogen (secondary N) is 1. The van der Waals surface area contributed by atoms with Crippen molar-refractivity contribution in [3.8, 4) is 0 Å². The van der Waals surface area contributed by atoms with E-state index in [1.807, 2.05) is 0 Å². The molecule has 20 heavy (non-hydrogen) atoms. The lowest BCUT2D eigenvalue weighted by Gasteiger charge is -2.16. The lowest BCUT2D eigenvalue weighted by molar-refractivity contribution is 0.1000. The fourth-order valence-corrected chi connectivity index (χ4v) is 2.78. The first-order valence-corrected chi connectivity index (χ1v) is 7.20. The summed E-state index contributed by atoms with van der Waals surface area (Å²) >= 11 is 0. The molecule has 0 aliphatic carbocycles. The van der Waals surface area contributed by atoms with Crippen LogP contribution in [0, 0.1) is 0 Å². The van der Waals surface area contributed by atoms with Crippen LogP contribution in [0.15, 0.2) is 41.6 Å². The second-order valence-electron chi connectivity index (χ2n) is 4.19. The second-order valence-corrected chi connectivity index (χ2v) is 6.23. The molecule has 0 unspecified atom stereocenters. The minimum Gasteiger partial charge on any atom is -0.366 e. The minimum atomic E-state index is -3.64. The summed E-state index contributed by atoms with van der Waals surface area (Å²) in [5.74, 6) is -0.0530. The maximum atomic E-state index is 12.3. The molecule has 0 saturated heterocycles. The summed E-state index contributed by atoms with van der Waals surface area (Å²) in [4.78, 5) is 17.9. The third kappa shape index (κ3) is 2.86. The Hall–Kier alpha value is -2.19. The molecule has 0 aliphatic heterocycles. The lowest BCUT2D eigenvalue weighted by Crippen LogP contribution is -2.27. The number of benzene rings is 1. The maximum Gasteiger partial charge on any atom is 0.248 e. The largest absolute Gasteiger partial charge is 0.366 e. The molecule has 0 bridgehead atoms. The van der Waals surface area contributed by atoms with E-state index in [0.29, 0.717) is 5.82 Å². The van der Waals surface area contributed by atoms with Gasteiger partial charge in [0, 0.05) is 25.0 Å². The zero-order chi connectivity index (χ0) is 14.8. The lowest BCUT2D eigenvalue weighted by atomic mass is 10.2. The number of hydrogen-bond donors (Lipinski definition) is 2. The van der Waals surface area contributed by atoms with Crippen LogP contribution in [0.25, 0.3) is 0 Å². The van der Waals surface area contributed by atoms with E-state index in [1.165, 1.54) is 35.6 Å². The summed E-state index contributed by atoms with van der Waals surface area (Å²) in [5, 5.41) is 0. The van der Waals surface area contributed by atoms with E-state index in [2.05, 4.69) is 9.97 Å². The Balaban J connectivity index is 2.23. The van der Waals surface area contributed by atoms with Crippen LogP contribution in [0.2, 0.25) is 0 Å². The molecular formula is C12H14N4O3S. The van der Waals surface area contributed by atoms with Crippen molar-refractivity contribution in [1.29, 1.82) is 0 Å². The number of sulfonamides is 1. The molecule has 0 spiro atoms. The van der Waals surface area contributed by atoms with Gasteiger partial charge in [0.25, 0.3) is 0 Å². The van der Waals surface area contributed by atoms with Crippen molar-refractivity contribution in [1.82, 2.24) is 14.3 Å². The molecule has 0 saturated carbocycles. The highest BCUT2D eigenvalue weighted by atomic mass is 32.2. The van der Waals surface area contributed by atoms with E-state index in [1.54, 1.807) is 12.4 Å². The molecule has 2 rings (SSSR count). The quantitative estimate of drug-likeness (QED) is 0.828. The standard InChI is InChI=1S/C12H14N4O3S/c1-16(8-11-14-6-7-15-11)20(18,19)10-4-2-9(3-5-10)12(13)17/h2-7H,8H2,1H3,(H2,13,17)(H,14,15). The van der Waals surface area contributed by atoms with Crippen LogP contribution in [0.5, 0.6) is 0 Å². The van der Waals surface area contributed by atoms with Gasteiger partial charge in [0.2, 0.25) is 15.9 Å². The molecule has 0 aliphatic rings. The number of carbonyl (C=O) groups excluding carboxylic acids is 1. The SMILES string of the molecule is CN(Cc1ncc[nH]1)S(=O)(=O)c1ccc(C(N)=O)cc1. The number of nitrogens with zero attached hydrogens (tertiary/aromatic N) is 2. The van der Waals surface area contributed by atoms with Crippen LogP contribution in [0.1, 0.15) is 16.2 Å². The molecule has 8 heteroatoms. The normalized spacial score (nSPS) is 11.7. The first-order chi connectivity index (χ1) is 9.41. The summed E-state index contributed by atoms with van der Waals surface area (Å²) < 4.78 is 25.8. The molecule has 7 nitrogen and oxygen atoms in total. The van der Waals surface area contributed by atoms with Gasteiger partial charge in [-0.1, -0.05) is 0 Å². The molecule has 1 aromatic heterocycles. The van der Waals surface area contributed by atoms with Crippen molar-refractivity contribution in [3.63, 3.8) is 0 Å². The maximum absolute atomic E-state index is 12.3. The van der Waals surface area contributed by atoms with Gasteiger partial charge in [0.15, 0.2) is 0 Å². The second kappa shape index (κ2) is 5.43. The van der Waals surface area contributed by atoms with Crippen LogP contribution >= 0.6 is 0 Å². The van der Waals surface area contributed by atoms with Crippen molar-refractivity contribution < 1.29 is 13.2 Å². The Morgan fingerprint density at radius 1 is 1.35 bits per heavy atom. The van der Waals surface area contributed by atoms with Gasteiger partial charge in [0.1, 0.15) is 5.82 Å². The van der Waals surface area contributed by atoms with E-state index < -0.39 is 15.9 Å². The molecule has 0 radical (unpaired) electrons. The first-order valence-electron chi connectivity index (χ1n) is 5.76. The summed E-state index contributed by atoms with van der Waals surface area (Å²) in [5.41, 5.74) is 5.37. The van der Waals surface area contributed by atoms with E-state index in [0.717, 1.165) is 0 Å². The molecule has 0 fully saturated rings. The summed E-state index contributed by atoms with van der Waals surface area (Å²) in [7, 11) is -2.18. The van der Waals surface area contributed by atoms with Gasteiger partial charge < -0.3 is 10.7 Å². The number of aromatic amines is 1. The Kier molecular flexibility index (Phi) is 3.86. The third-order valence-electron chi connectivity index (χ3n) is 2.77. The molecule has 1 aromatic carbocycles. The number of amides is 1. The number of aromatic nitrogens is 2. The molecular weight excluding hydrogens is 280 g/mol. The zero-order valence-corrected chi connectivity index (χ0v) is 11.6. The molecule has 1 amide bonds. The van der Waals surface area contributed by atoms with Crippen molar-refractivity contribution in [2.45, 2.75) is 11.4 Å². The van der Waals surface area contributed by atoms with Crippen molar-refractivity contribution in [2.75, 3.05) is 7.05 Å². The number of imidazole rings is 1. The summed E-state index contributed by atoms with van der Waals surface area (Å²) in [6.45, 7) is 0.132. The average molecular weight is 294 g/mol. The predicted octanol–water partition coefficient (Wildman–Crippen LogP) is 0.329. The highest BCUT2D eigenvalue weighted by Crippen LogP contribution is 2.16. The van der Waals surface area contributed by atoms with Crippen molar-refractivity contribution >= 4 is 15.9 Å². The molecule has 0 atom stereocenters. The highest BCUT2D eigenvalue weighted by molar-refractivity contribution is 7.89. The number of rotatable bonds is 5. The number of carbonyl (C=O) groups is 1. The van der Waals surface area contributed by atoms with Crippen LogP contribution in [-0.2, 0) is 16.6 Å². The van der Waals surface area contributed by atoms with E-state index in [-0.39, 0.29) is 17.0 Å². The van der Waals surface area contributed by atoms with Gasteiger partial charge in [-0.2, -0.15) is 4.31 Å². The summed E-state index contributed by atoms with van der Waals surface area (Å²) in [6, 6.07) is 5.48. The van der Waals surface area contributed by atoms with E-state index in [4.69, 9.17) is 5.73 Å². The van der Waals surface area contributed by atoms with Crippen molar-refractivity contribution in [2.24, 2.45) is 5.73 Å². The van der Waals surface area contributed by atoms with E-state index in [9.17, 15) is 13.2 Å². The van der Waals surface area contributed by atoms with Crippen LogP contribution in [-0.4, -0.2) is 35.6 Å². The smallest absolute Gasteiger partial charge is 0.248 e. The van der Waals surface area contributed by atoms with Crippen LogP contribution in [0.3, 0.4) is 0 Å².